The van der Waals surface area contributed by atoms with Crippen molar-refractivity contribution in [1.29, 1.82) is 0 Å². The van der Waals surface area contributed by atoms with Gasteiger partial charge in [-0.1, -0.05) is 12.5 Å². The standard InChI is InChI=1S/C40H61N3O15/c44-34(41-32-8-6-7-31-37(32)40(48)43(39(31)47)33-11-12-35(45)42-38(33)46)9-2-1-4-13-49-15-16-50-17-18-51-19-20-52-21-22-53-23-24-54-25-26-55-27-28-56-29-30-58-36-10-3-5-14-57-36/h6-8,33,36H,1-5,9-30H2,(H,41,44)(H,42,45,46). The van der Waals surface area contributed by atoms with Crippen LogP contribution in [0, 0.1) is 0 Å². The molecule has 0 aliphatic carbocycles. The summed E-state index contributed by atoms with van der Waals surface area (Å²) < 4.78 is 55.2. The van der Waals surface area contributed by atoms with Gasteiger partial charge in [0.05, 0.1) is 123 Å². The highest BCUT2D eigenvalue weighted by molar-refractivity contribution is 6.26. The van der Waals surface area contributed by atoms with Crippen molar-refractivity contribution in [2.45, 2.75) is 70.1 Å². The van der Waals surface area contributed by atoms with Crippen molar-refractivity contribution in [2.24, 2.45) is 0 Å². The Balaban J connectivity index is 0.844. The number of anilines is 1. The van der Waals surface area contributed by atoms with E-state index in [4.69, 9.17) is 47.4 Å². The fourth-order valence-electron chi connectivity index (χ4n) is 6.22. The van der Waals surface area contributed by atoms with Crippen molar-refractivity contribution in [3.63, 3.8) is 0 Å². The number of carbonyl (C=O) groups excluding carboxylic acids is 5. The third-order valence-electron chi connectivity index (χ3n) is 9.21. The van der Waals surface area contributed by atoms with Crippen LogP contribution in [0.1, 0.15) is 78.5 Å². The van der Waals surface area contributed by atoms with Gasteiger partial charge in [0.15, 0.2) is 6.29 Å². The summed E-state index contributed by atoms with van der Waals surface area (Å²) in [6.07, 6.45) is 5.59. The van der Waals surface area contributed by atoms with E-state index in [2.05, 4.69) is 10.6 Å². The van der Waals surface area contributed by atoms with Gasteiger partial charge in [0.1, 0.15) is 6.04 Å². The molecule has 1 aromatic rings. The van der Waals surface area contributed by atoms with Gasteiger partial charge in [-0.25, -0.2) is 0 Å². The summed E-state index contributed by atoms with van der Waals surface area (Å²) in [5.74, 6) is -2.71. The summed E-state index contributed by atoms with van der Waals surface area (Å²) in [4.78, 5) is 63.5. The lowest BCUT2D eigenvalue weighted by molar-refractivity contribution is -0.169. The predicted molar refractivity (Wildman–Crippen MR) is 206 cm³/mol. The van der Waals surface area contributed by atoms with Crippen molar-refractivity contribution in [3.05, 3.63) is 29.3 Å². The monoisotopic (exact) mass is 823 g/mol. The van der Waals surface area contributed by atoms with Crippen molar-refractivity contribution in [3.8, 4) is 0 Å². The molecule has 4 rings (SSSR count). The Labute approximate surface area is 340 Å². The van der Waals surface area contributed by atoms with Gasteiger partial charge in [-0.15, -0.1) is 0 Å². The second kappa shape index (κ2) is 28.9. The van der Waals surface area contributed by atoms with Gasteiger partial charge in [0, 0.05) is 26.1 Å². The molecule has 3 heterocycles. The quantitative estimate of drug-likeness (QED) is 0.0771. The summed E-state index contributed by atoms with van der Waals surface area (Å²) >= 11 is 0. The smallest absolute Gasteiger partial charge is 0.264 e. The normalized spacial score (nSPS) is 18.2. The Morgan fingerprint density at radius 2 is 1.21 bits per heavy atom. The molecule has 0 aromatic heterocycles. The number of nitrogens with one attached hydrogen (secondary N) is 2. The minimum atomic E-state index is -1.07. The van der Waals surface area contributed by atoms with E-state index < -0.39 is 29.7 Å². The SMILES string of the molecule is O=C1CCC(N2C(=O)c3cccc(NC(=O)CCCCCOCCOCCOCCOCCOCCOCCOCCOCCOC4CCCCO4)c3C2=O)C(=O)N1. The molecule has 58 heavy (non-hydrogen) atoms. The lowest BCUT2D eigenvalue weighted by Gasteiger charge is -2.27. The van der Waals surface area contributed by atoms with Crippen molar-refractivity contribution < 1.29 is 71.3 Å². The maximum atomic E-state index is 13.2. The number of unbranched alkanes of at least 4 members (excludes halogenated alkanes) is 2. The average molecular weight is 824 g/mol. The van der Waals surface area contributed by atoms with Gasteiger partial charge in [-0.3, -0.25) is 34.2 Å². The molecule has 2 saturated heterocycles. The fraction of sp³-hybridized carbons (Fsp3) is 0.725. The molecule has 0 radical (unpaired) electrons. The minimum absolute atomic E-state index is 0.0291. The maximum absolute atomic E-state index is 13.2. The van der Waals surface area contributed by atoms with E-state index in [1.54, 1.807) is 12.1 Å². The van der Waals surface area contributed by atoms with Gasteiger partial charge in [-0.2, -0.15) is 0 Å². The van der Waals surface area contributed by atoms with Crippen LogP contribution in [-0.4, -0.2) is 166 Å². The van der Waals surface area contributed by atoms with Crippen molar-refractivity contribution >= 4 is 35.2 Å². The third-order valence-corrected chi connectivity index (χ3v) is 9.21. The zero-order valence-corrected chi connectivity index (χ0v) is 33.5. The highest BCUT2D eigenvalue weighted by atomic mass is 16.7. The first-order valence-corrected chi connectivity index (χ1v) is 20.4. The highest BCUT2D eigenvalue weighted by Gasteiger charge is 2.45. The Morgan fingerprint density at radius 3 is 1.74 bits per heavy atom. The first-order chi connectivity index (χ1) is 28.5. The summed E-state index contributed by atoms with van der Waals surface area (Å²) in [6.45, 7) is 9.05. The van der Waals surface area contributed by atoms with Crippen LogP contribution in [0.25, 0.3) is 0 Å². The zero-order chi connectivity index (χ0) is 41.0. The first-order valence-electron chi connectivity index (χ1n) is 20.4. The van der Waals surface area contributed by atoms with Crippen molar-refractivity contribution in [1.82, 2.24) is 10.2 Å². The number of piperidine rings is 1. The number of hydrogen-bond donors (Lipinski definition) is 2. The summed E-state index contributed by atoms with van der Waals surface area (Å²) in [6, 6.07) is 3.53. The molecule has 326 valence electrons. The number of ether oxygens (including phenoxy) is 10. The van der Waals surface area contributed by atoms with E-state index in [0.717, 1.165) is 43.6 Å². The lowest BCUT2D eigenvalue weighted by Crippen LogP contribution is -2.54. The topological polar surface area (TPSA) is 205 Å². The van der Waals surface area contributed by atoms with E-state index in [9.17, 15) is 24.0 Å². The number of fused-ring (bicyclic) bond motifs is 1. The van der Waals surface area contributed by atoms with Crippen LogP contribution in [0.3, 0.4) is 0 Å². The number of imide groups is 2. The largest absolute Gasteiger partial charge is 0.379 e. The van der Waals surface area contributed by atoms with Crippen molar-refractivity contribution in [2.75, 3.05) is 124 Å². The average Bonchev–Trinajstić information content (AvgIpc) is 3.48. The van der Waals surface area contributed by atoms with Crippen LogP contribution in [0.4, 0.5) is 5.69 Å². The van der Waals surface area contributed by atoms with Crippen LogP contribution in [0.15, 0.2) is 18.2 Å². The Morgan fingerprint density at radius 1 is 0.655 bits per heavy atom. The van der Waals surface area contributed by atoms with E-state index in [0.29, 0.717) is 119 Å². The van der Waals surface area contributed by atoms with Gasteiger partial charge in [-0.05, 0) is 50.7 Å². The van der Waals surface area contributed by atoms with Crippen LogP contribution < -0.4 is 10.6 Å². The maximum Gasteiger partial charge on any atom is 0.264 e. The Kier molecular flexibility index (Phi) is 23.5. The molecule has 2 fully saturated rings. The van der Waals surface area contributed by atoms with E-state index in [1.165, 1.54) is 6.07 Å². The molecule has 0 bridgehead atoms. The molecule has 2 unspecified atom stereocenters. The zero-order valence-electron chi connectivity index (χ0n) is 33.5. The number of nitrogens with zero attached hydrogens (tertiary/aromatic N) is 1. The summed E-state index contributed by atoms with van der Waals surface area (Å²) in [5.41, 5.74) is 0.385. The second-order valence-corrected chi connectivity index (χ2v) is 13.6. The Hall–Kier alpha value is -3.43. The van der Waals surface area contributed by atoms with Crippen LogP contribution in [-0.2, 0) is 61.8 Å². The molecular weight excluding hydrogens is 762 g/mol. The molecule has 3 aliphatic rings. The molecule has 5 amide bonds. The molecule has 2 atom stereocenters. The summed E-state index contributed by atoms with van der Waals surface area (Å²) in [5, 5.41) is 4.91. The van der Waals surface area contributed by atoms with Crippen LogP contribution >= 0.6 is 0 Å². The van der Waals surface area contributed by atoms with Gasteiger partial charge < -0.3 is 52.7 Å². The first kappa shape index (κ1) is 47.3. The lowest BCUT2D eigenvalue weighted by atomic mass is 10.0. The molecule has 3 aliphatic heterocycles. The van der Waals surface area contributed by atoms with Crippen LogP contribution in [0.5, 0.6) is 0 Å². The molecule has 18 nitrogen and oxygen atoms in total. The Bertz CT molecular complexity index is 1390. The molecule has 2 N–H and O–H groups in total. The highest BCUT2D eigenvalue weighted by Crippen LogP contribution is 2.32. The minimum Gasteiger partial charge on any atom is -0.379 e. The molecular formula is C40H61N3O15. The summed E-state index contributed by atoms with van der Waals surface area (Å²) in [7, 11) is 0. The number of rotatable bonds is 33. The number of hydrogen-bond acceptors (Lipinski definition) is 15. The van der Waals surface area contributed by atoms with E-state index in [-0.39, 0.29) is 48.3 Å². The molecule has 1 aromatic carbocycles. The second-order valence-electron chi connectivity index (χ2n) is 13.6. The fourth-order valence-corrected chi connectivity index (χ4v) is 6.22. The third kappa shape index (κ3) is 17.8. The molecule has 18 heteroatoms. The van der Waals surface area contributed by atoms with E-state index in [1.807, 2.05) is 0 Å². The number of carbonyl (C=O) groups is 5. The van der Waals surface area contributed by atoms with Crippen LogP contribution in [0.2, 0.25) is 0 Å². The van der Waals surface area contributed by atoms with Gasteiger partial charge in [0.2, 0.25) is 17.7 Å². The van der Waals surface area contributed by atoms with E-state index >= 15 is 0 Å². The number of amides is 5. The molecule has 0 saturated carbocycles. The van der Waals surface area contributed by atoms with Gasteiger partial charge >= 0.3 is 0 Å². The number of benzene rings is 1. The molecule has 0 spiro atoms. The predicted octanol–water partition coefficient (Wildman–Crippen LogP) is 2.26. The van der Waals surface area contributed by atoms with Gasteiger partial charge in [0.25, 0.3) is 11.8 Å².